The van der Waals surface area contributed by atoms with E-state index in [4.69, 9.17) is 4.98 Å². The van der Waals surface area contributed by atoms with Crippen LogP contribution in [0.2, 0.25) is 0 Å². The van der Waals surface area contributed by atoms with Crippen LogP contribution in [0.5, 0.6) is 0 Å². The van der Waals surface area contributed by atoms with Gasteiger partial charge in [0, 0.05) is 50.2 Å². The molecule has 1 saturated heterocycles. The summed E-state index contributed by atoms with van der Waals surface area (Å²) in [5.41, 5.74) is 3.06. The van der Waals surface area contributed by atoms with Gasteiger partial charge in [-0.25, -0.2) is 4.98 Å². The molecule has 2 unspecified atom stereocenters. The number of anilines is 3. The number of amides is 1. The van der Waals surface area contributed by atoms with Crippen molar-refractivity contribution >= 4 is 23.1 Å². The number of piperazine rings is 1. The molecule has 6 nitrogen and oxygen atoms in total. The summed E-state index contributed by atoms with van der Waals surface area (Å²) in [4.78, 5) is 22.4. The molecule has 2 N–H and O–H groups in total. The van der Waals surface area contributed by atoms with Gasteiger partial charge >= 0.3 is 0 Å². The van der Waals surface area contributed by atoms with Crippen molar-refractivity contribution in [1.29, 1.82) is 0 Å². The summed E-state index contributed by atoms with van der Waals surface area (Å²) in [6.07, 6.45) is 2.41. The van der Waals surface area contributed by atoms with Crippen LogP contribution in [-0.4, -0.2) is 42.6 Å². The van der Waals surface area contributed by atoms with E-state index in [1.54, 1.807) is 6.92 Å². The summed E-state index contributed by atoms with van der Waals surface area (Å²) >= 11 is 0. The molecule has 1 aromatic carbocycles. The van der Waals surface area contributed by atoms with Gasteiger partial charge in [0.15, 0.2) is 0 Å². The molecule has 5 rings (SSSR count). The molecule has 31 heavy (non-hydrogen) atoms. The fourth-order valence-corrected chi connectivity index (χ4v) is 5.42. The van der Waals surface area contributed by atoms with Gasteiger partial charge in [-0.05, 0) is 49.9 Å². The molecule has 1 saturated carbocycles. The Labute approximate surface area is 185 Å². The topological polar surface area (TPSA) is 60.5 Å². The lowest BCUT2D eigenvalue weighted by molar-refractivity contribution is -0.117. The molecule has 2 aromatic rings. The average molecular weight is 420 g/mol. The van der Waals surface area contributed by atoms with Crippen LogP contribution in [0.1, 0.15) is 45.3 Å². The van der Waals surface area contributed by atoms with Gasteiger partial charge in [-0.2, -0.15) is 0 Å². The molecule has 1 aromatic heterocycles. The number of fused-ring (bicyclic) bond motifs is 1. The highest BCUT2D eigenvalue weighted by molar-refractivity contribution is 5.94. The van der Waals surface area contributed by atoms with Gasteiger partial charge in [0.2, 0.25) is 5.91 Å². The number of pyridine rings is 1. The van der Waals surface area contributed by atoms with E-state index < -0.39 is 0 Å². The summed E-state index contributed by atoms with van der Waals surface area (Å²) in [5.74, 6) is 1.98. The predicted molar refractivity (Wildman–Crippen MR) is 126 cm³/mol. The maximum absolute atomic E-state index is 12.8. The first-order valence-electron chi connectivity index (χ1n) is 11.6. The van der Waals surface area contributed by atoms with E-state index in [0.29, 0.717) is 12.0 Å². The molecule has 6 heteroatoms. The van der Waals surface area contributed by atoms with Crippen molar-refractivity contribution in [2.45, 2.75) is 51.7 Å². The van der Waals surface area contributed by atoms with Gasteiger partial charge in [0.1, 0.15) is 5.82 Å². The van der Waals surface area contributed by atoms with E-state index in [1.807, 2.05) is 11.0 Å². The lowest BCUT2D eigenvalue weighted by Gasteiger charge is -2.45. The molecular formula is C25H33N5O. The Morgan fingerprint density at radius 2 is 1.90 bits per heavy atom. The van der Waals surface area contributed by atoms with E-state index in [9.17, 15) is 4.79 Å². The molecule has 3 heterocycles. The molecule has 0 bridgehead atoms. The highest BCUT2D eigenvalue weighted by Gasteiger charge is 2.48. The third-order valence-corrected chi connectivity index (χ3v) is 7.04. The SMILES string of the molecule is CC(=O)N1c2ccc(N3CCNC(C)C3)nc2C(Nc2ccccc2)[C@@H](C)[C@@H]1C1CC1. The van der Waals surface area contributed by atoms with Gasteiger partial charge in [0.25, 0.3) is 0 Å². The molecule has 1 amide bonds. The third-order valence-electron chi connectivity index (χ3n) is 7.04. The number of para-hydroxylation sites is 1. The second kappa shape index (κ2) is 8.15. The first-order chi connectivity index (χ1) is 15.0. The smallest absolute Gasteiger partial charge is 0.224 e. The third kappa shape index (κ3) is 3.89. The Morgan fingerprint density at radius 1 is 1.13 bits per heavy atom. The van der Waals surface area contributed by atoms with E-state index in [1.165, 1.54) is 12.8 Å². The van der Waals surface area contributed by atoms with Crippen LogP contribution in [0.15, 0.2) is 42.5 Å². The highest BCUT2D eigenvalue weighted by atomic mass is 16.2. The second-order valence-electron chi connectivity index (χ2n) is 9.44. The highest BCUT2D eigenvalue weighted by Crippen LogP contribution is 2.49. The monoisotopic (exact) mass is 419 g/mol. The Bertz CT molecular complexity index is 944. The van der Waals surface area contributed by atoms with Crippen LogP contribution >= 0.6 is 0 Å². The Morgan fingerprint density at radius 3 is 2.58 bits per heavy atom. The van der Waals surface area contributed by atoms with Crippen LogP contribution in [-0.2, 0) is 4.79 Å². The molecule has 0 spiro atoms. The quantitative estimate of drug-likeness (QED) is 0.789. The number of benzene rings is 1. The van der Waals surface area contributed by atoms with Crippen LogP contribution in [0.4, 0.5) is 17.2 Å². The molecule has 1 aliphatic carbocycles. The zero-order chi connectivity index (χ0) is 21.5. The van der Waals surface area contributed by atoms with Crippen molar-refractivity contribution in [3.05, 3.63) is 48.2 Å². The zero-order valence-corrected chi connectivity index (χ0v) is 18.7. The number of aromatic nitrogens is 1. The Balaban J connectivity index is 1.57. The number of nitrogens with zero attached hydrogens (tertiary/aromatic N) is 3. The minimum Gasteiger partial charge on any atom is -0.376 e. The van der Waals surface area contributed by atoms with Gasteiger partial charge in [0.05, 0.1) is 17.4 Å². The van der Waals surface area contributed by atoms with Crippen LogP contribution in [0.3, 0.4) is 0 Å². The minimum atomic E-state index is 0.0684. The van der Waals surface area contributed by atoms with Gasteiger partial charge in [-0.15, -0.1) is 0 Å². The lowest BCUT2D eigenvalue weighted by Crippen LogP contribution is -2.52. The van der Waals surface area contributed by atoms with Crippen molar-refractivity contribution in [3.63, 3.8) is 0 Å². The van der Waals surface area contributed by atoms with Gasteiger partial charge in [-0.1, -0.05) is 25.1 Å². The first kappa shape index (κ1) is 20.3. The number of hydrogen-bond donors (Lipinski definition) is 2. The fraction of sp³-hybridized carbons (Fsp3) is 0.520. The van der Waals surface area contributed by atoms with Crippen LogP contribution < -0.4 is 20.4 Å². The van der Waals surface area contributed by atoms with Gasteiger partial charge in [-0.3, -0.25) is 4.79 Å². The Hall–Kier alpha value is -2.60. The van der Waals surface area contributed by atoms with E-state index in [0.717, 1.165) is 42.5 Å². The summed E-state index contributed by atoms with van der Waals surface area (Å²) in [6.45, 7) is 9.05. The summed E-state index contributed by atoms with van der Waals surface area (Å²) < 4.78 is 0. The first-order valence-corrected chi connectivity index (χ1v) is 11.6. The molecule has 0 radical (unpaired) electrons. The zero-order valence-electron chi connectivity index (χ0n) is 18.7. The average Bonchev–Trinajstić information content (AvgIpc) is 3.60. The number of carbonyl (C=O) groups excluding carboxylic acids is 1. The van der Waals surface area contributed by atoms with E-state index >= 15 is 0 Å². The molecule has 3 aliphatic rings. The van der Waals surface area contributed by atoms with E-state index in [2.05, 4.69) is 65.8 Å². The molecule has 2 aliphatic heterocycles. The number of nitrogens with one attached hydrogen (secondary N) is 2. The second-order valence-corrected chi connectivity index (χ2v) is 9.44. The largest absolute Gasteiger partial charge is 0.376 e. The molecule has 2 fully saturated rings. The molecule has 4 atom stereocenters. The van der Waals surface area contributed by atoms with Crippen molar-refractivity contribution < 1.29 is 4.79 Å². The van der Waals surface area contributed by atoms with E-state index in [-0.39, 0.29) is 23.9 Å². The van der Waals surface area contributed by atoms with Crippen LogP contribution in [0, 0.1) is 11.8 Å². The number of carbonyl (C=O) groups is 1. The van der Waals surface area contributed by atoms with Crippen molar-refractivity contribution in [1.82, 2.24) is 10.3 Å². The summed E-state index contributed by atoms with van der Waals surface area (Å²) in [7, 11) is 0. The molecule has 164 valence electrons. The maximum Gasteiger partial charge on any atom is 0.224 e. The van der Waals surface area contributed by atoms with Crippen molar-refractivity contribution in [2.75, 3.05) is 34.8 Å². The van der Waals surface area contributed by atoms with Crippen LogP contribution in [0.25, 0.3) is 0 Å². The van der Waals surface area contributed by atoms with Crippen molar-refractivity contribution in [3.8, 4) is 0 Å². The predicted octanol–water partition coefficient (Wildman–Crippen LogP) is 3.81. The fourth-order valence-electron chi connectivity index (χ4n) is 5.42. The molecular weight excluding hydrogens is 386 g/mol. The van der Waals surface area contributed by atoms with Gasteiger partial charge < -0.3 is 20.4 Å². The Kier molecular flexibility index (Phi) is 5.34. The lowest BCUT2D eigenvalue weighted by atomic mass is 9.82. The summed E-state index contributed by atoms with van der Waals surface area (Å²) in [6, 6.07) is 15.3. The summed E-state index contributed by atoms with van der Waals surface area (Å²) in [5, 5.41) is 7.27. The standard InChI is InChI=1S/C25H33N5O/c1-16-15-29(14-13-26-16)22-12-11-21-24(28-22)23(27-20-7-5-4-6-8-20)17(2)25(19-9-10-19)30(21)18(3)31/h4-8,11-12,16-17,19,23,25-27H,9-10,13-15H2,1-3H3/t16?,17-,23?,25-/m1/s1. The maximum atomic E-state index is 12.8. The number of rotatable bonds is 4. The van der Waals surface area contributed by atoms with Crippen molar-refractivity contribution in [2.24, 2.45) is 11.8 Å². The normalized spacial score (nSPS) is 28.2. The number of hydrogen-bond acceptors (Lipinski definition) is 5. The minimum absolute atomic E-state index is 0.0684.